The van der Waals surface area contributed by atoms with Gasteiger partial charge in [-0.25, -0.2) is 0 Å². The number of nitrogens with zero attached hydrogens (tertiary/aromatic N) is 3. The Morgan fingerprint density at radius 3 is 2.88 bits per heavy atom. The number of aromatic nitrogens is 3. The van der Waals surface area contributed by atoms with Crippen molar-refractivity contribution in [1.82, 2.24) is 19.7 Å². The molecule has 2 heterocycles. The van der Waals surface area contributed by atoms with Gasteiger partial charge in [0.2, 0.25) is 0 Å². The SMILES string of the molecule is COc1ccc2c(c1)c(C(=O)N[C@@H](C)CCn1cccn1)c(C)n2C. The first-order chi connectivity index (χ1) is 12.0. The highest BCUT2D eigenvalue weighted by Gasteiger charge is 2.20. The molecular formula is C19H24N4O2. The number of carbonyl (C=O) groups is 1. The highest BCUT2D eigenvalue weighted by Crippen LogP contribution is 2.28. The normalized spacial score (nSPS) is 12.3. The minimum atomic E-state index is -0.0516. The van der Waals surface area contributed by atoms with Crippen LogP contribution in [0, 0.1) is 6.92 Å². The second kappa shape index (κ2) is 7.01. The van der Waals surface area contributed by atoms with Gasteiger partial charge in [-0.3, -0.25) is 9.48 Å². The number of carbonyl (C=O) groups excluding carboxylic acids is 1. The van der Waals surface area contributed by atoms with Crippen molar-refractivity contribution in [3.8, 4) is 5.75 Å². The molecule has 6 nitrogen and oxygen atoms in total. The van der Waals surface area contributed by atoms with E-state index < -0.39 is 0 Å². The zero-order valence-electron chi connectivity index (χ0n) is 15.1. The van der Waals surface area contributed by atoms with E-state index in [1.54, 1.807) is 13.3 Å². The van der Waals surface area contributed by atoms with Crippen LogP contribution in [0.25, 0.3) is 10.9 Å². The van der Waals surface area contributed by atoms with Gasteiger partial charge >= 0.3 is 0 Å². The fourth-order valence-corrected chi connectivity index (χ4v) is 3.09. The van der Waals surface area contributed by atoms with Crippen molar-refractivity contribution in [1.29, 1.82) is 0 Å². The number of methoxy groups -OCH3 is 1. The molecule has 0 aliphatic rings. The van der Waals surface area contributed by atoms with Crippen LogP contribution in [-0.4, -0.2) is 33.4 Å². The fourth-order valence-electron chi connectivity index (χ4n) is 3.09. The number of amides is 1. The molecule has 132 valence electrons. The lowest BCUT2D eigenvalue weighted by molar-refractivity contribution is 0.0938. The molecule has 3 aromatic rings. The van der Waals surface area contributed by atoms with Crippen molar-refractivity contribution in [3.63, 3.8) is 0 Å². The number of hydrogen-bond acceptors (Lipinski definition) is 3. The molecule has 0 radical (unpaired) electrons. The summed E-state index contributed by atoms with van der Waals surface area (Å²) in [5, 5.41) is 8.21. The summed E-state index contributed by atoms with van der Waals surface area (Å²) >= 11 is 0. The molecule has 1 N–H and O–H groups in total. The minimum Gasteiger partial charge on any atom is -0.497 e. The molecule has 0 aliphatic heterocycles. The van der Waals surface area contributed by atoms with Gasteiger partial charge in [0.05, 0.1) is 12.7 Å². The maximum atomic E-state index is 12.9. The van der Waals surface area contributed by atoms with Gasteiger partial charge in [-0.15, -0.1) is 0 Å². The van der Waals surface area contributed by atoms with Crippen molar-refractivity contribution >= 4 is 16.8 Å². The molecule has 1 aromatic carbocycles. The van der Waals surface area contributed by atoms with E-state index in [0.717, 1.165) is 35.3 Å². The minimum absolute atomic E-state index is 0.0516. The van der Waals surface area contributed by atoms with Crippen LogP contribution in [0.5, 0.6) is 5.75 Å². The van der Waals surface area contributed by atoms with Gasteiger partial charge in [-0.1, -0.05) is 0 Å². The van der Waals surface area contributed by atoms with E-state index in [-0.39, 0.29) is 11.9 Å². The largest absolute Gasteiger partial charge is 0.497 e. The van der Waals surface area contributed by atoms with E-state index in [1.165, 1.54) is 0 Å². The number of nitrogens with one attached hydrogen (secondary N) is 1. The van der Waals surface area contributed by atoms with Gasteiger partial charge in [0.25, 0.3) is 5.91 Å². The number of ether oxygens (including phenoxy) is 1. The van der Waals surface area contributed by atoms with Crippen LogP contribution < -0.4 is 10.1 Å². The van der Waals surface area contributed by atoms with Crippen molar-refractivity contribution in [2.45, 2.75) is 32.9 Å². The van der Waals surface area contributed by atoms with Crippen molar-refractivity contribution in [2.75, 3.05) is 7.11 Å². The van der Waals surface area contributed by atoms with Crippen LogP contribution >= 0.6 is 0 Å². The molecule has 1 amide bonds. The predicted octanol–water partition coefficient (Wildman–Crippen LogP) is 2.90. The number of hydrogen-bond donors (Lipinski definition) is 1. The maximum absolute atomic E-state index is 12.9. The third kappa shape index (κ3) is 3.38. The Morgan fingerprint density at radius 2 is 2.20 bits per heavy atom. The first kappa shape index (κ1) is 17.1. The summed E-state index contributed by atoms with van der Waals surface area (Å²) in [4.78, 5) is 12.9. The van der Waals surface area contributed by atoms with Crippen molar-refractivity contribution in [2.24, 2.45) is 7.05 Å². The Labute approximate surface area is 147 Å². The molecule has 0 spiro atoms. The van der Waals surface area contributed by atoms with E-state index in [9.17, 15) is 4.79 Å². The van der Waals surface area contributed by atoms with Gasteiger partial charge in [0.15, 0.2) is 0 Å². The second-order valence-corrected chi connectivity index (χ2v) is 6.33. The van der Waals surface area contributed by atoms with Crippen LogP contribution in [0.1, 0.15) is 29.4 Å². The summed E-state index contributed by atoms with van der Waals surface area (Å²) in [6.07, 6.45) is 4.51. The predicted molar refractivity (Wildman–Crippen MR) is 98.0 cm³/mol. The highest BCUT2D eigenvalue weighted by atomic mass is 16.5. The number of aryl methyl sites for hydroxylation is 2. The Bertz CT molecular complexity index is 881. The smallest absolute Gasteiger partial charge is 0.253 e. The Hall–Kier alpha value is -2.76. The molecule has 2 aromatic heterocycles. The van der Waals surface area contributed by atoms with Gasteiger partial charge in [0.1, 0.15) is 5.75 Å². The zero-order valence-corrected chi connectivity index (χ0v) is 15.1. The van der Waals surface area contributed by atoms with E-state index in [2.05, 4.69) is 10.4 Å². The fraction of sp³-hybridized carbons (Fsp3) is 0.368. The van der Waals surface area contributed by atoms with Crippen LogP contribution in [0.4, 0.5) is 0 Å². The number of fused-ring (bicyclic) bond motifs is 1. The topological polar surface area (TPSA) is 61.1 Å². The lowest BCUT2D eigenvalue weighted by Crippen LogP contribution is -2.33. The van der Waals surface area contributed by atoms with Gasteiger partial charge < -0.3 is 14.6 Å². The second-order valence-electron chi connectivity index (χ2n) is 6.33. The lowest BCUT2D eigenvalue weighted by Gasteiger charge is -2.14. The summed E-state index contributed by atoms with van der Waals surface area (Å²) < 4.78 is 9.23. The van der Waals surface area contributed by atoms with Gasteiger partial charge in [-0.2, -0.15) is 5.10 Å². The quantitative estimate of drug-likeness (QED) is 0.750. The number of benzene rings is 1. The molecule has 0 saturated heterocycles. The van der Waals surface area contributed by atoms with Gasteiger partial charge in [-0.05, 0) is 44.5 Å². The summed E-state index contributed by atoms with van der Waals surface area (Å²) in [6.45, 7) is 4.76. The lowest BCUT2D eigenvalue weighted by atomic mass is 10.1. The molecule has 6 heteroatoms. The summed E-state index contributed by atoms with van der Waals surface area (Å²) in [6, 6.07) is 7.77. The number of rotatable bonds is 6. The van der Waals surface area contributed by atoms with Crippen LogP contribution in [0.15, 0.2) is 36.7 Å². The van der Waals surface area contributed by atoms with E-state index >= 15 is 0 Å². The molecular weight excluding hydrogens is 316 g/mol. The van der Waals surface area contributed by atoms with E-state index in [0.29, 0.717) is 5.56 Å². The molecule has 0 fully saturated rings. The summed E-state index contributed by atoms with van der Waals surface area (Å²) in [5.41, 5.74) is 2.68. The van der Waals surface area contributed by atoms with E-state index in [1.807, 2.05) is 60.6 Å². The highest BCUT2D eigenvalue weighted by molar-refractivity contribution is 6.08. The standard InChI is InChI=1S/C19H24N4O2/c1-13(8-11-23-10-5-9-20-23)21-19(24)18-14(2)22(3)17-7-6-15(25-4)12-16(17)18/h5-7,9-10,12-13H,8,11H2,1-4H3,(H,21,24)/t13-/m0/s1. The molecule has 0 saturated carbocycles. The summed E-state index contributed by atoms with van der Waals surface area (Å²) in [5.74, 6) is 0.697. The maximum Gasteiger partial charge on any atom is 0.253 e. The summed E-state index contributed by atoms with van der Waals surface area (Å²) in [7, 11) is 3.61. The Kier molecular flexibility index (Phi) is 4.79. The molecule has 0 aliphatic carbocycles. The van der Waals surface area contributed by atoms with Crippen LogP contribution in [-0.2, 0) is 13.6 Å². The van der Waals surface area contributed by atoms with E-state index in [4.69, 9.17) is 4.74 Å². The van der Waals surface area contributed by atoms with Gasteiger partial charge in [0, 0.05) is 48.6 Å². The van der Waals surface area contributed by atoms with Crippen molar-refractivity contribution < 1.29 is 9.53 Å². The first-order valence-corrected chi connectivity index (χ1v) is 8.42. The average Bonchev–Trinajstić information content (AvgIpc) is 3.20. The van der Waals surface area contributed by atoms with Crippen molar-refractivity contribution in [3.05, 3.63) is 47.9 Å². The zero-order chi connectivity index (χ0) is 18.0. The van der Waals surface area contributed by atoms with Crippen LogP contribution in [0.3, 0.4) is 0 Å². The Balaban J connectivity index is 1.80. The first-order valence-electron chi connectivity index (χ1n) is 8.42. The molecule has 0 bridgehead atoms. The molecule has 0 unspecified atom stereocenters. The Morgan fingerprint density at radius 1 is 1.40 bits per heavy atom. The molecule has 25 heavy (non-hydrogen) atoms. The third-order valence-corrected chi connectivity index (χ3v) is 4.65. The average molecular weight is 340 g/mol. The van der Waals surface area contributed by atoms with Crippen LogP contribution in [0.2, 0.25) is 0 Å². The molecule has 3 rings (SSSR count). The molecule has 1 atom stereocenters. The third-order valence-electron chi connectivity index (χ3n) is 4.65. The monoisotopic (exact) mass is 340 g/mol.